The Labute approximate surface area is 185 Å². The van der Waals surface area contributed by atoms with Crippen LogP contribution < -0.4 is 10.1 Å². The van der Waals surface area contributed by atoms with Gasteiger partial charge in [0, 0.05) is 21.8 Å². The van der Waals surface area contributed by atoms with Crippen molar-refractivity contribution in [1.29, 1.82) is 0 Å². The Hall–Kier alpha value is -2.75. The number of nitrogens with zero attached hydrogens (tertiary/aromatic N) is 2. The van der Waals surface area contributed by atoms with Gasteiger partial charge < -0.3 is 15.2 Å². The summed E-state index contributed by atoms with van der Waals surface area (Å²) in [5.74, 6) is -0.0321. The van der Waals surface area contributed by atoms with Gasteiger partial charge in [-0.2, -0.15) is 0 Å². The number of rotatable bonds is 4. The van der Waals surface area contributed by atoms with Gasteiger partial charge in [-0.1, -0.05) is 46.3 Å². The van der Waals surface area contributed by atoms with E-state index in [-0.39, 0.29) is 13.0 Å². The molecule has 2 amide bonds. The lowest BCUT2D eigenvalue weighted by atomic mass is 10.2. The topological polar surface area (TPSA) is 91.8 Å². The third-order valence-electron chi connectivity index (χ3n) is 4.64. The minimum atomic E-state index is -0.837. The van der Waals surface area contributed by atoms with Crippen molar-refractivity contribution in [1.82, 2.24) is 9.88 Å². The highest BCUT2D eigenvalue weighted by Crippen LogP contribution is 2.27. The number of para-hydroxylation sites is 1. The van der Waals surface area contributed by atoms with Gasteiger partial charge in [0.2, 0.25) is 5.91 Å². The summed E-state index contributed by atoms with van der Waals surface area (Å²) in [5, 5.41) is 15.1. The molecule has 3 aromatic rings. The van der Waals surface area contributed by atoms with Gasteiger partial charge in [-0.3, -0.25) is 9.69 Å². The first kappa shape index (κ1) is 20.5. The summed E-state index contributed by atoms with van der Waals surface area (Å²) < 4.78 is 6.30. The molecule has 30 heavy (non-hydrogen) atoms. The molecule has 154 valence electrons. The minimum absolute atomic E-state index is 0.0335. The van der Waals surface area contributed by atoms with Crippen LogP contribution in [0.1, 0.15) is 6.42 Å². The maximum Gasteiger partial charge on any atom is 0.416 e. The molecule has 0 radical (unpaired) electrons. The van der Waals surface area contributed by atoms with E-state index >= 15 is 0 Å². The number of hydrogen-bond acceptors (Lipinski definition) is 6. The molecular weight excluding hydrogens is 470 g/mol. The largest absolute Gasteiger partial charge is 0.416 e. The zero-order valence-corrected chi connectivity index (χ0v) is 18.1. The molecule has 0 aliphatic carbocycles. The van der Waals surface area contributed by atoms with E-state index in [1.807, 2.05) is 35.7 Å². The molecule has 2 atom stereocenters. The van der Waals surface area contributed by atoms with Crippen LogP contribution in [-0.2, 0) is 4.79 Å². The number of β-amino-alcohol motifs (C(OH)–C–C–N with tert-alkyl or cyclic N) is 1. The van der Waals surface area contributed by atoms with Crippen LogP contribution in [0.15, 0.2) is 64.5 Å². The number of carbonyl (C=O) groups excluding carboxylic acids is 2. The average Bonchev–Trinajstić information content (AvgIpc) is 3.36. The standard InChI is InChI=1S/C21H18BrN3O4S/c22-14-8-6-13(7-9-14)17-12-30-20(23-17)24-19(27)18-10-15(26)11-25(18)21(28)29-16-4-2-1-3-5-16/h1-9,12,15,18,26H,10-11H2,(H,23,24,27)/t15-,18-/m1/s1. The van der Waals surface area contributed by atoms with Gasteiger partial charge in [0.25, 0.3) is 0 Å². The number of nitrogens with one attached hydrogen (secondary N) is 1. The number of likely N-dealkylation sites (tertiary alicyclic amines) is 1. The Kier molecular flexibility index (Phi) is 6.12. The Morgan fingerprint density at radius 1 is 1.17 bits per heavy atom. The van der Waals surface area contributed by atoms with E-state index in [1.54, 1.807) is 24.3 Å². The first-order valence-electron chi connectivity index (χ1n) is 9.23. The number of carbonyl (C=O) groups is 2. The second kappa shape index (κ2) is 8.95. The van der Waals surface area contributed by atoms with E-state index in [0.29, 0.717) is 10.9 Å². The van der Waals surface area contributed by atoms with Crippen LogP contribution in [0.5, 0.6) is 5.75 Å². The predicted octanol–water partition coefficient (Wildman–Crippen LogP) is 4.15. The third-order valence-corrected chi connectivity index (χ3v) is 5.93. The van der Waals surface area contributed by atoms with Crippen molar-refractivity contribution in [3.8, 4) is 17.0 Å². The van der Waals surface area contributed by atoms with Gasteiger partial charge in [0.15, 0.2) is 5.13 Å². The highest BCUT2D eigenvalue weighted by atomic mass is 79.9. The summed E-state index contributed by atoms with van der Waals surface area (Å²) in [5.41, 5.74) is 1.67. The summed E-state index contributed by atoms with van der Waals surface area (Å²) in [7, 11) is 0. The Balaban J connectivity index is 1.44. The molecule has 9 heteroatoms. The zero-order valence-electron chi connectivity index (χ0n) is 15.7. The van der Waals surface area contributed by atoms with Crippen LogP contribution in [0.25, 0.3) is 11.3 Å². The van der Waals surface area contributed by atoms with Gasteiger partial charge in [0.05, 0.1) is 18.3 Å². The monoisotopic (exact) mass is 487 g/mol. The molecule has 0 unspecified atom stereocenters. The van der Waals surface area contributed by atoms with E-state index in [0.717, 1.165) is 15.7 Å². The zero-order chi connectivity index (χ0) is 21.1. The summed E-state index contributed by atoms with van der Waals surface area (Å²) in [6.07, 6.45) is -1.33. The Morgan fingerprint density at radius 2 is 1.90 bits per heavy atom. The highest BCUT2D eigenvalue weighted by Gasteiger charge is 2.40. The average molecular weight is 488 g/mol. The first-order chi connectivity index (χ1) is 14.5. The van der Waals surface area contributed by atoms with Crippen molar-refractivity contribution >= 4 is 44.4 Å². The molecule has 0 spiro atoms. The molecule has 1 saturated heterocycles. The fraction of sp³-hybridized carbons (Fsp3) is 0.190. The second-order valence-corrected chi connectivity index (χ2v) is 8.55. The van der Waals surface area contributed by atoms with Crippen molar-refractivity contribution in [2.45, 2.75) is 18.6 Å². The predicted molar refractivity (Wildman–Crippen MR) is 117 cm³/mol. The molecule has 2 aromatic carbocycles. The molecule has 0 saturated carbocycles. The molecule has 7 nitrogen and oxygen atoms in total. The van der Waals surface area contributed by atoms with Crippen molar-refractivity contribution in [2.24, 2.45) is 0 Å². The smallest absolute Gasteiger partial charge is 0.410 e. The van der Waals surface area contributed by atoms with Crippen molar-refractivity contribution in [3.05, 3.63) is 64.5 Å². The van der Waals surface area contributed by atoms with Gasteiger partial charge in [-0.25, -0.2) is 9.78 Å². The molecule has 0 bridgehead atoms. The lowest BCUT2D eigenvalue weighted by Gasteiger charge is -2.22. The van der Waals surface area contributed by atoms with Crippen LogP contribution >= 0.6 is 27.3 Å². The first-order valence-corrected chi connectivity index (χ1v) is 10.9. The Bertz CT molecular complexity index is 1040. The van der Waals surface area contributed by atoms with Crippen molar-refractivity contribution in [2.75, 3.05) is 11.9 Å². The number of aromatic nitrogens is 1. The number of aliphatic hydroxyl groups is 1. The molecule has 1 fully saturated rings. The normalized spacial score (nSPS) is 18.3. The van der Waals surface area contributed by atoms with Crippen LogP contribution in [0, 0.1) is 0 Å². The Morgan fingerprint density at radius 3 is 2.63 bits per heavy atom. The third kappa shape index (κ3) is 4.69. The van der Waals surface area contributed by atoms with Crippen LogP contribution in [0.2, 0.25) is 0 Å². The fourth-order valence-electron chi connectivity index (χ4n) is 3.19. The van der Waals surface area contributed by atoms with Crippen LogP contribution in [0.4, 0.5) is 9.93 Å². The van der Waals surface area contributed by atoms with Crippen molar-refractivity contribution < 1.29 is 19.4 Å². The number of aliphatic hydroxyl groups excluding tert-OH is 1. The molecule has 2 N–H and O–H groups in total. The van der Waals surface area contributed by atoms with Gasteiger partial charge >= 0.3 is 6.09 Å². The molecule has 2 heterocycles. The van der Waals surface area contributed by atoms with Gasteiger partial charge in [0.1, 0.15) is 11.8 Å². The lowest BCUT2D eigenvalue weighted by Crippen LogP contribution is -2.44. The van der Waals surface area contributed by atoms with E-state index in [9.17, 15) is 14.7 Å². The summed E-state index contributed by atoms with van der Waals surface area (Å²) >= 11 is 4.70. The fourth-order valence-corrected chi connectivity index (χ4v) is 4.17. The molecule has 1 aliphatic heterocycles. The number of hydrogen-bond donors (Lipinski definition) is 2. The number of benzene rings is 2. The van der Waals surface area contributed by atoms with E-state index < -0.39 is 24.1 Å². The van der Waals surface area contributed by atoms with Gasteiger partial charge in [-0.05, 0) is 24.3 Å². The van der Waals surface area contributed by atoms with E-state index in [4.69, 9.17) is 4.74 Å². The number of anilines is 1. The minimum Gasteiger partial charge on any atom is -0.410 e. The highest BCUT2D eigenvalue weighted by molar-refractivity contribution is 9.10. The number of halogens is 1. The van der Waals surface area contributed by atoms with Crippen molar-refractivity contribution in [3.63, 3.8) is 0 Å². The molecular formula is C21H18BrN3O4S. The van der Waals surface area contributed by atoms with E-state index in [2.05, 4.69) is 26.2 Å². The lowest BCUT2D eigenvalue weighted by molar-refractivity contribution is -0.119. The SMILES string of the molecule is O=C(Nc1nc(-c2ccc(Br)cc2)cs1)[C@H]1C[C@@H](O)CN1C(=O)Oc1ccccc1. The molecule has 1 aromatic heterocycles. The van der Waals surface area contributed by atoms with Crippen LogP contribution in [0.3, 0.4) is 0 Å². The van der Waals surface area contributed by atoms with Crippen LogP contribution in [-0.4, -0.2) is 45.7 Å². The quantitative estimate of drug-likeness (QED) is 0.576. The maximum absolute atomic E-state index is 12.8. The van der Waals surface area contributed by atoms with E-state index in [1.165, 1.54) is 16.2 Å². The second-order valence-electron chi connectivity index (χ2n) is 6.77. The molecule has 4 rings (SSSR count). The number of amides is 2. The number of thiazole rings is 1. The number of ether oxygens (including phenoxy) is 1. The van der Waals surface area contributed by atoms with Gasteiger partial charge in [-0.15, -0.1) is 11.3 Å². The summed E-state index contributed by atoms with van der Waals surface area (Å²) in [6.45, 7) is 0.0335. The molecule has 1 aliphatic rings. The maximum atomic E-state index is 12.8. The summed E-state index contributed by atoms with van der Waals surface area (Å²) in [6, 6.07) is 15.5. The summed E-state index contributed by atoms with van der Waals surface area (Å²) in [4.78, 5) is 31.0.